The summed E-state index contributed by atoms with van der Waals surface area (Å²) in [4.78, 5) is 23.7. The van der Waals surface area contributed by atoms with Crippen molar-refractivity contribution in [2.75, 3.05) is 18.4 Å². The molecule has 1 atom stereocenters. The molecule has 1 amide bonds. The lowest BCUT2D eigenvalue weighted by Crippen LogP contribution is -2.41. The first-order chi connectivity index (χ1) is 9.38. The Morgan fingerprint density at radius 1 is 1.40 bits per heavy atom. The highest BCUT2D eigenvalue weighted by Gasteiger charge is 2.19. The van der Waals surface area contributed by atoms with E-state index in [4.69, 9.17) is 0 Å². The quantitative estimate of drug-likeness (QED) is 0.642. The van der Waals surface area contributed by atoms with E-state index in [1.54, 1.807) is 11.8 Å². The number of nitrogens with zero attached hydrogens (tertiary/aromatic N) is 2. The number of nitrogens with one attached hydrogen (secondary N) is 1. The summed E-state index contributed by atoms with van der Waals surface area (Å²) < 4.78 is 13.3. The molecule has 1 N–H and O–H groups in total. The van der Waals surface area contributed by atoms with Gasteiger partial charge in [0.05, 0.1) is 11.0 Å². The van der Waals surface area contributed by atoms with Crippen LogP contribution in [0.25, 0.3) is 0 Å². The van der Waals surface area contributed by atoms with Gasteiger partial charge in [0.1, 0.15) is 11.9 Å². The molecule has 0 aliphatic rings. The van der Waals surface area contributed by atoms with Crippen LogP contribution in [0.15, 0.2) is 18.2 Å². The largest absolute Gasteiger partial charge is 0.374 e. The van der Waals surface area contributed by atoms with Crippen LogP contribution in [0, 0.1) is 15.9 Å². The zero-order chi connectivity index (χ0) is 15.3. The minimum atomic E-state index is -0.718. The molecule has 110 valence electrons. The van der Waals surface area contributed by atoms with Crippen molar-refractivity contribution < 1.29 is 14.1 Å². The van der Waals surface area contributed by atoms with E-state index in [1.165, 1.54) is 6.07 Å². The third-order valence-electron chi connectivity index (χ3n) is 2.92. The number of non-ortho nitro benzene ring substituents is 1. The maximum absolute atomic E-state index is 13.3. The Bertz CT molecular complexity index is 504. The average Bonchev–Trinajstić information content (AvgIpc) is 2.39. The molecule has 1 aromatic rings. The van der Waals surface area contributed by atoms with Gasteiger partial charge in [-0.2, -0.15) is 0 Å². The number of likely N-dealkylation sites (N-methyl/N-ethyl adjacent to an activating group) is 1. The van der Waals surface area contributed by atoms with Gasteiger partial charge in [-0.1, -0.05) is 0 Å². The molecular weight excluding hydrogens is 265 g/mol. The summed E-state index contributed by atoms with van der Waals surface area (Å²) in [7, 11) is 0. The number of carbonyl (C=O) groups excluding carboxylic acids is 1. The summed E-state index contributed by atoms with van der Waals surface area (Å²) in [6.07, 6.45) is 0. The zero-order valence-electron chi connectivity index (χ0n) is 11.7. The lowest BCUT2D eigenvalue weighted by Gasteiger charge is -2.24. The number of amides is 1. The Balaban J connectivity index is 2.87. The van der Waals surface area contributed by atoms with Gasteiger partial charge in [0.2, 0.25) is 5.91 Å². The van der Waals surface area contributed by atoms with Crippen molar-refractivity contribution in [2.45, 2.75) is 26.8 Å². The fourth-order valence-electron chi connectivity index (χ4n) is 1.88. The molecule has 0 radical (unpaired) electrons. The molecule has 0 spiro atoms. The monoisotopic (exact) mass is 283 g/mol. The molecule has 6 nitrogen and oxygen atoms in total. The molecule has 0 aromatic heterocycles. The predicted molar refractivity (Wildman–Crippen MR) is 74.1 cm³/mol. The molecule has 0 saturated carbocycles. The van der Waals surface area contributed by atoms with Crippen LogP contribution in [0.3, 0.4) is 0 Å². The maximum Gasteiger partial charge on any atom is 0.274 e. The fourth-order valence-corrected chi connectivity index (χ4v) is 1.88. The second-order valence-electron chi connectivity index (χ2n) is 4.33. The normalized spacial score (nSPS) is 11.8. The van der Waals surface area contributed by atoms with Crippen LogP contribution in [-0.2, 0) is 4.79 Å². The number of rotatable bonds is 6. The van der Waals surface area contributed by atoms with E-state index in [9.17, 15) is 19.3 Å². The molecule has 0 aliphatic carbocycles. The van der Waals surface area contributed by atoms with E-state index < -0.39 is 16.8 Å². The molecule has 0 aliphatic heterocycles. The van der Waals surface area contributed by atoms with Crippen molar-refractivity contribution in [3.8, 4) is 0 Å². The molecular formula is C13H18FN3O3. The zero-order valence-corrected chi connectivity index (χ0v) is 11.7. The predicted octanol–water partition coefficient (Wildman–Crippen LogP) is 2.40. The van der Waals surface area contributed by atoms with Crippen LogP contribution in [0.1, 0.15) is 20.8 Å². The smallest absolute Gasteiger partial charge is 0.274 e. The fraction of sp³-hybridized carbons (Fsp3) is 0.462. The van der Waals surface area contributed by atoms with E-state index in [0.29, 0.717) is 13.1 Å². The summed E-state index contributed by atoms with van der Waals surface area (Å²) in [5, 5.41) is 13.5. The second kappa shape index (κ2) is 6.83. The summed E-state index contributed by atoms with van der Waals surface area (Å²) in [5.74, 6) is -0.855. The molecule has 1 aromatic carbocycles. The number of anilines is 1. The minimum Gasteiger partial charge on any atom is -0.374 e. The Kier molecular flexibility index (Phi) is 5.42. The van der Waals surface area contributed by atoms with Gasteiger partial charge in [0.15, 0.2) is 0 Å². The Labute approximate surface area is 116 Å². The van der Waals surface area contributed by atoms with Gasteiger partial charge >= 0.3 is 0 Å². The summed E-state index contributed by atoms with van der Waals surface area (Å²) in [6.45, 7) is 6.51. The average molecular weight is 283 g/mol. The van der Waals surface area contributed by atoms with E-state index in [0.717, 1.165) is 12.1 Å². The standard InChI is InChI=1S/C13H18FN3O3/c1-4-16(5-2)13(18)9(3)15-11-6-10(14)7-12(8-11)17(19)20/h6-9,15H,4-5H2,1-3H3. The van der Waals surface area contributed by atoms with E-state index in [1.807, 2.05) is 13.8 Å². The van der Waals surface area contributed by atoms with Crippen LogP contribution in [-0.4, -0.2) is 34.9 Å². The van der Waals surface area contributed by atoms with Crippen LogP contribution in [0.4, 0.5) is 15.8 Å². The van der Waals surface area contributed by atoms with Crippen LogP contribution in [0.2, 0.25) is 0 Å². The molecule has 20 heavy (non-hydrogen) atoms. The number of halogens is 1. The summed E-state index contributed by atoms with van der Waals surface area (Å²) >= 11 is 0. The van der Waals surface area contributed by atoms with Gasteiger partial charge in [-0.3, -0.25) is 14.9 Å². The van der Waals surface area contributed by atoms with Crippen molar-refractivity contribution >= 4 is 17.3 Å². The first-order valence-electron chi connectivity index (χ1n) is 6.39. The van der Waals surface area contributed by atoms with Gasteiger partial charge in [0, 0.05) is 24.8 Å². The first kappa shape index (κ1) is 15.9. The molecule has 0 bridgehead atoms. The summed E-state index contributed by atoms with van der Waals surface area (Å²) in [6, 6.07) is 2.58. The number of hydrogen-bond donors (Lipinski definition) is 1. The number of nitro groups is 1. The molecule has 0 fully saturated rings. The molecule has 0 heterocycles. The van der Waals surface area contributed by atoms with E-state index in [-0.39, 0.29) is 17.3 Å². The van der Waals surface area contributed by atoms with Crippen molar-refractivity contribution in [2.24, 2.45) is 0 Å². The van der Waals surface area contributed by atoms with Gasteiger partial charge in [-0.15, -0.1) is 0 Å². The van der Waals surface area contributed by atoms with Crippen molar-refractivity contribution in [3.05, 3.63) is 34.1 Å². The van der Waals surface area contributed by atoms with Crippen molar-refractivity contribution in [1.29, 1.82) is 0 Å². The van der Waals surface area contributed by atoms with Crippen LogP contribution in [0.5, 0.6) is 0 Å². The van der Waals surface area contributed by atoms with Crippen LogP contribution < -0.4 is 5.32 Å². The highest BCUT2D eigenvalue weighted by Crippen LogP contribution is 2.20. The lowest BCUT2D eigenvalue weighted by atomic mass is 10.2. The van der Waals surface area contributed by atoms with E-state index >= 15 is 0 Å². The number of benzene rings is 1. The molecule has 1 rings (SSSR count). The SMILES string of the molecule is CCN(CC)C(=O)C(C)Nc1cc(F)cc([N+](=O)[O-])c1. The van der Waals surface area contributed by atoms with Crippen LogP contribution >= 0.6 is 0 Å². The lowest BCUT2D eigenvalue weighted by molar-refractivity contribution is -0.385. The van der Waals surface area contributed by atoms with Gasteiger partial charge in [-0.25, -0.2) is 4.39 Å². The topological polar surface area (TPSA) is 75.5 Å². The van der Waals surface area contributed by atoms with Gasteiger partial charge in [0.25, 0.3) is 5.69 Å². The summed E-state index contributed by atoms with van der Waals surface area (Å²) in [5.41, 5.74) is -0.139. The van der Waals surface area contributed by atoms with Gasteiger partial charge < -0.3 is 10.2 Å². The second-order valence-corrected chi connectivity index (χ2v) is 4.33. The van der Waals surface area contributed by atoms with Crippen molar-refractivity contribution in [1.82, 2.24) is 4.90 Å². The molecule has 7 heteroatoms. The van der Waals surface area contributed by atoms with Gasteiger partial charge in [-0.05, 0) is 26.8 Å². The Morgan fingerprint density at radius 2 is 2.00 bits per heavy atom. The maximum atomic E-state index is 13.3. The number of nitro benzene ring substituents is 1. The minimum absolute atomic E-state index is 0.137. The number of carbonyl (C=O) groups is 1. The highest BCUT2D eigenvalue weighted by molar-refractivity contribution is 5.84. The number of hydrogen-bond acceptors (Lipinski definition) is 4. The Hall–Kier alpha value is -2.18. The molecule has 1 unspecified atom stereocenters. The third kappa shape index (κ3) is 3.91. The third-order valence-corrected chi connectivity index (χ3v) is 2.92. The van der Waals surface area contributed by atoms with E-state index in [2.05, 4.69) is 5.32 Å². The highest BCUT2D eigenvalue weighted by atomic mass is 19.1. The molecule has 0 saturated heterocycles. The van der Waals surface area contributed by atoms with Crippen molar-refractivity contribution in [3.63, 3.8) is 0 Å². The first-order valence-corrected chi connectivity index (χ1v) is 6.39. The Morgan fingerprint density at radius 3 is 2.50 bits per heavy atom.